The van der Waals surface area contributed by atoms with Gasteiger partial charge in [0.25, 0.3) is 5.91 Å². The minimum Gasteiger partial charge on any atom is -0.377 e. The van der Waals surface area contributed by atoms with Crippen molar-refractivity contribution in [3.63, 3.8) is 0 Å². The van der Waals surface area contributed by atoms with E-state index in [9.17, 15) is 14.4 Å². The molecule has 2 saturated heterocycles. The molecule has 1 unspecified atom stereocenters. The van der Waals surface area contributed by atoms with Crippen LogP contribution < -0.4 is 5.69 Å². The Morgan fingerprint density at radius 1 is 1.26 bits per heavy atom. The van der Waals surface area contributed by atoms with Crippen molar-refractivity contribution in [3.8, 4) is 0 Å². The minimum atomic E-state index is -0.189. The van der Waals surface area contributed by atoms with Crippen molar-refractivity contribution in [1.82, 2.24) is 19.4 Å². The van der Waals surface area contributed by atoms with E-state index in [2.05, 4.69) is 4.98 Å². The Bertz CT molecular complexity index is 974. The Hall–Kier alpha value is -2.61. The number of carbonyl (C=O) groups is 2. The number of imidazole rings is 1. The van der Waals surface area contributed by atoms with Crippen molar-refractivity contribution in [2.45, 2.75) is 25.4 Å². The normalized spacial score (nSPS) is 23.0. The number of H-pyrrole nitrogens is 1. The molecule has 3 fully saturated rings. The third-order valence-corrected chi connectivity index (χ3v) is 5.75. The van der Waals surface area contributed by atoms with Gasteiger partial charge < -0.3 is 19.5 Å². The fraction of sp³-hybridized carbons (Fsp3) is 0.526. The number of fused-ring (bicyclic) bond motifs is 2. The number of rotatable bonds is 3. The van der Waals surface area contributed by atoms with Crippen molar-refractivity contribution < 1.29 is 14.3 Å². The zero-order valence-electron chi connectivity index (χ0n) is 15.0. The van der Waals surface area contributed by atoms with Gasteiger partial charge >= 0.3 is 5.69 Å². The van der Waals surface area contributed by atoms with Crippen molar-refractivity contribution >= 4 is 22.8 Å². The second kappa shape index (κ2) is 6.23. The quantitative estimate of drug-likeness (QED) is 0.848. The van der Waals surface area contributed by atoms with Gasteiger partial charge in [0.05, 0.1) is 30.3 Å². The molecular formula is C19H22N4O4. The molecule has 2 amide bonds. The van der Waals surface area contributed by atoms with Gasteiger partial charge in [-0.05, 0) is 37.0 Å². The summed E-state index contributed by atoms with van der Waals surface area (Å²) in [6.45, 7) is 2.90. The zero-order chi connectivity index (χ0) is 18.5. The number of carbonyl (C=O) groups excluding carboxylic acids is 2. The molecule has 8 heteroatoms. The monoisotopic (exact) mass is 370 g/mol. The van der Waals surface area contributed by atoms with Gasteiger partial charge in [-0.1, -0.05) is 0 Å². The molecule has 5 rings (SSSR count). The molecule has 0 bridgehead atoms. The number of morpholine rings is 1. The molecule has 1 aromatic carbocycles. The Morgan fingerprint density at radius 2 is 2.11 bits per heavy atom. The summed E-state index contributed by atoms with van der Waals surface area (Å²) in [6, 6.07) is 5.21. The zero-order valence-corrected chi connectivity index (χ0v) is 15.0. The molecule has 0 spiro atoms. The molecule has 2 aromatic rings. The second-order valence-electron chi connectivity index (χ2n) is 7.72. The van der Waals surface area contributed by atoms with E-state index in [4.69, 9.17) is 4.74 Å². The first kappa shape index (κ1) is 16.6. The Kier molecular flexibility index (Phi) is 3.82. The predicted octanol–water partition coefficient (Wildman–Crippen LogP) is 0.423. The fourth-order valence-electron chi connectivity index (χ4n) is 4.08. The number of hydrogen-bond acceptors (Lipinski definition) is 4. The van der Waals surface area contributed by atoms with Crippen molar-refractivity contribution in [3.05, 3.63) is 34.2 Å². The highest BCUT2D eigenvalue weighted by Gasteiger charge is 2.36. The lowest BCUT2D eigenvalue weighted by Crippen LogP contribution is -2.61. The van der Waals surface area contributed by atoms with Crippen LogP contribution in [0.25, 0.3) is 11.0 Å². The summed E-state index contributed by atoms with van der Waals surface area (Å²) in [4.78, 5) is 43.8. The molecule has 3 heterocycles. The summed E-state index contributed by atoms with van der Waals surface area (Å²) < 4.78 is 7.21. The van der Waals surface area contributed by atoms with E-state index >= 15 is 0 Å². The van der Waals surface area contributed by atoms with Crippen LogP contribution in [0, 0.1) is 5.92 Å². The number of nitrogens with one attached hydrogen (secondary N) is 1. The highest BCUT2D eigenvalue weighted by atomic mass is 16.5. The first-order chi connectivity index (χ1) is 13.1. The number of piperazine rings is 1. The number of aromatic nitrogens is 2. The topological polar surface area (TPSA) is 87.6 Å². The van der Waals surface area contributed by atoms with Gasteiger partial charge in [-0.15, -0.1) is 0 Å². The maximum absolute atomic E-state index is 13.0. The molecule has 1 saturated carbocycles. The van der Waals surface area contributed by atoms with Gasteiger partial charge in [0.2, 0.25) is 5.91 Å². The van der Waals surface area contributed by atoms with Crippen LogP contribution in [0.1, 0.15) is 23.2 Å². The lowest BCUT2D eigenvalue weighted by atomic mass is 10.1. The Balaban J connectivity index is 1.40. The summed E-state index contributed by atoms with van der Waals surface area (Å²) in [5.41, 5.74) is 1.84. The predicted molar refractivity (Wildman–Crippen MR) is 97.5 cm³/mol. The van der Waals surface area contributed by atoms with Crippen LogP contribution in [0.3, 0.4) is 0 Å². The number of aromatic amines is 1. The highest BCUT2D eigenvalue weighted by Crippen LogP contribution is 2.31. The van der Waals surface area contributed by atoms with Crippen LogP contribution >= 0.6 is 0 Å². The molecule has 1 aromatic heterocycles. The molecule has 1 N–H and O–H groups in total. The van der Waals surface area contributed by atoms with Gasteiger partial charge in [0.15, 0.2) is 0 Å². The molecule has 27 heavy (non-hydrogen) atoms. The van der Waals surface area contributed by atoms with Gasteiger partial charge in [-0.2, -0.15) is 0 Å². The second-order valence-corrected chi connectivity index (χ2v) is 7.72. The SMILES string of the molecule is O=C(c1ccc2c(c1)[nH]c(=O)n2CC1CC1)N1CC(=O)N2CCOCC2C1. The number of nitrogens with zero attached hydrogens (tertiary/aromatic N) is 3. The van der Waals surface area contributed by atoms with E-state index in [1.54, 1.807) is 21.6 Å². The molecule has 8 nitrogen and oxygen atoms in total. The summed E-state index contributed by atoms with van der Waals surface area (Å²) in [5, 5.41) is 0. The smallest absolute Gasteiger partial charge is 0.326 e. The summed E-state index contributed by atoms with van der Waals surface area (Å²) in [6.07, 6.45) is 2.33. The third-order valence-electron chi connectivity index (χ3n) is 5.75. The average molecular weight is 370 g/mol. The standard InChI is InChI=1S/C19H22N4O4/c24-17-10-21(9-14-11-27-6-5-22(14)17)18(25)13-3-4-16-15(7-13)20-19(26)23(16)8-12-1-2-12/h3-4,7,12,14H,1-2,5-6,8-11H2,(H,20,26). The van der Waals surface area contributed by atoms with E-state index in [0.29, 0.717) is 43.3 Å². The first-order valence-corrected chi connectivity index (χ1v) is 9.49. The lowest BCUT2D eigenvalue weighted by molar-refractivity contribution is -0.146. The van der Waals surface area contributed by atoms with Crippen molar-refractivity contribution in [2.24, 2.45) is 5.92 Å². The van der Waals surface area contributed by atoms with Crippen LogP contribution in [-0.4, -0.2) is 70.1 Å². The maximum atomic E-state index is 13.0. The number of amides is 2. The van der Waals surface area contributed by atoms with E-state index in [0.717, 1.165) is 12.1 Å². The lowest BCUT2D eigenvalue weighted by Gasteiger charge is -2.43. The van der Waals surface area contributed by atoms with E-state index in [-0.39, 0.29) is 30.1 Å². The van der Waals surface area contributed by atoms with Gasteiger partial charge in [-0.3, -0.25) is 14.2 Å². The van der Waals surface area contributed by atoms with Crippen LogP contribution in [0.15, 0.2) is 23.0 Å². The van der Waals surface area contributed by atoms with Gasteiger partial charge in [0.1, 0.15) is 6.54 Å². The minimum absolute atomic E-state index is 0.0343. The largest absolute Gasteiger partial charge is 0.377 e. The number of hydrogen-bond donors (Lipinski definition) is 1. The maximum Gasteiger partial charge on any atom is 0.326 e. The molecular weight excluding hydrogens is 348 g/mol. The van der Waals surface area contributed by atoms with Crippen LogP contribution in [0.5, 0.6) is 0 Å². The third kappa shape index (κ3) is 2.93. The van der Waals surface area contributed by atoms with Gasteiger partial charge in [-0.25, -0.2) is 4.79 Å². The van der Waals surface area contributed by atoms with Crippen LogP contribution in [0.4, 0.5) is 0 Å². The average Bonchev–Trinajstić information content (AvgIpc) is 3.44. The van der Waals surface area contributed by atoms with Crippen molar-refractivity contribution in [1.29, 1.82) is 0 Å². The van der Waals surface area contributed by atoms with E-state index in [1.165, 1.54) is 12.8 Å². The molecule has 1 atom stereocenters. The summed E-state index contributed by atoms with van der Waals surface area (Å²) in [7, 11) is 0. The molecule has 2 aliphatic heterocycles. The summed E-state index contributed by atoms with van der Waals surface area (Å²) in [5.74, 6) is 0.363. The van der Waals surface area contributed by atoms with Crippen LogP contribution in [-0.2, 0) is 16.1 Å². The first-order valence-electron chi connectivity index (χ1n) is 9.49. The fourth-order valence-corrected chi connectivity index (χ4v) is 4.08. The Morgan fingerprint density at radius 3 is 2.93 bits per heavy atom. The molecule has 0 radical (unpaired) electrons. The highest BCUT2D eigenvalue weighted by molar-refractivity contribution is 5.99. The van der Waals surface area contributed by atoms with Crippen LogP contribution in [0.2, 0.25) is 0 Å². The molecule has 1 aliphatic carbocycles. The molecule has 142 valence electrons. The number of ether oxygens (including phenoxy) is 1. The summed E-state index contributed by atoms with van der Waals surface area (Å²) >= 11 is 0. The van der Waals surface area contributed by atoms with Gasteiger partial charge in [0, 0.05) is 25.2 Å². The number of benzene rings is 1. The van der Waals surface area contributed by atoms with E-state index < -0.39 is 0 Å². The van der Waals surface area contributed by atoms with E-state index in [1.807, 2.05) is 11.0 Å². The Labute approximate surface area is 155 Å². The molecule has 3 aliphatic rings. The van der Waals surface area contributed by atoms with Crippen molar-refractivity contribution in [2.75, 3.05) is 32.8 Å².